The highest BCUT2D eigenvalue weighted by Gasteiger charge is 2.79. The predicted molar refractivity (Wildman–Crippen MR) is 312 cm³/mol. The van der Waals surface area contributed by atoms with E-state index in [1.54, 1.807) is 20.0 Å². The lowest BCUT2D eigenvalue weighted by Gasteiger charge is -2.65. The van der Waals surface area contributed by atoms with E-state index in [1.165, 1.54) is 5.56 Å². The van der Waals surface area contributed by atoms with Crippen molar-refractivity contribution >= 4 is 23.3 Å². The fourth-order valence-corrected chi connectivity index (χ4v) is 16.2. The highest BCUT2D eigenvalue weighted by atomic mass is 19.3. The summed E-state index contributed by atoms with van der Waals surface area (Å²) in [4.78, 5) is 49.9. The Morgan fingerprint density at radius 2 is 1.10 bits per heavy atom. The topological polar surface area (TPSA) is 156 Å². The molecule has 0 radical (unpaired) electrons. The van der Waals surface area contributed by atoms with Crippen molar-refractivity contribution in [3.63, 3.8) is 0 Å². The fourth-order valence-electron chi connectivity index (χ4n) is 16.2. The Balaban J connectivity index is 0.000000157. The Labute approximate surface area is 490 Å². The largest absolute Gasteiger partial charge is 0.386 e. The molecule has 3 aromatic heterocycles. The van der Waals surface area contributed by atoms with Crippen molar-refractivity contribution in [1.82, 2.24) is 25.3 Å². The van der Waals surface area contributed by atoms with Crippen molar-refractivity contribution < 1.29 is 36.9 Å². The van der Waals surface area contributed by atoms with Crippen molar-refractivity contribution in [2.45, 2.75) is 203 Å². The molecule has 0 aliphatic heterocycles. The lowest BCUT2D eigenvalue weighted by atomic mass is 9.39. The molecule has 6 aromatic rings. The molecule has 16 heteroatoms. The third-order valence-electron chi connectivity index (χ3n) is 21.7. The second-order valence-corrected chi connectivity index (χ2v) is 29.4. The number of aryl methyl sites for hydroxylation is 1. The second kappa shape index (κ2) is 19.1. The molecule has 13 nitrogen and oxygen atoms in total. The zero-order chi connectivity index (χ0) is 59.1. The zero-order valence-electron chi connectivity index (χ0n) is 49.6. The van der Waals surface area contributed by atoms with E-state index < -0.39 is 33.9 Å². The number of aromatic nitrogens is 5. The van der Waals surface area contributed by atoms with E-state index in [4.69, 9.17) is 25.6 Å². The van der Waals surface area contributed by atoms with Crippen LogP contribution in [0.15, 0.2) is 100 Å². The van der Waals surface area contributed by atoms with Gasteiger partial charge < -0.3 is 23.9 Å². The van der Waals surface area contributed by atoms with Gasteiger partial charge in [0.2, 0.25) is 23.2 Å². The molecule has 0 spiro atoms. The Hall–Kier alpha value is -6.73. The number of halogens is 3. The van der Waals surface area contributed by atoms with Crippen molar-refractivity contribution in [2.75, 3.05) is 22.9 Å². The summed E-state index contributed by atoms with van der Waals surface area (Å²) in [5.41, 5.74) is 2.96. The number of hydrogen-bond donors (Lipinski definition) is 1. The normalized spacial score (nSPS) is 31.5. The minimum atomic E-state index is -3.17. The van der Waals surface area contributed by atoms with E-state index in [0.717, 1.165) is 123 Å². The molecule has 3 heterocycles. The first-order valence-electron chi connectivity index (χ1n) is 30.4. The first-order chi connectivity index (χ1) is 39.6. The average Bonchev–Trinajstić information content (AvgIpc) is 0.797. The van der Waals surface area contributed by atoms with E-state index in [9.17, 15) is 27.9 Å². The molecule has 3 aromatic carbocycles. The molecule has 0 saturated heterocycles. The molecular formula is C68H77F3N8O5. The van der Waals surface area contributed by atoms with E-state index in [1.807, 2.05) is 64.4 Å². The summed E-state index contributed by atoms with van der Waals surface area (Å²) >= 11 is 0. The van der Waals surface area contributed by atoms with Crippen LogP contribution in [0, 0.1) is 35.2 Å². The lowest BCUT2D eigenvalue weighted by molar-refractivity contribution is -0.211. The van der Waals surface area contributed by atoms with Gasteiger partial charge in [-0.15, -0.1) is 0 Å². The van der Waals surface area contributed by atoms with E-state index in [2.05, 4.69) is 78.2 Å². The molecular weight excluding hydrogens is 1070 g/mol. The van der Waals surface area contributed by atoms with Gasteiger partial charge in [-0.25, -0.2) is 15.9 Å². The third-order valence-corrected chi connectivity index (χ3v) is 21.7. The van der Waals surface area contributed by atoms with Gasteiger partial charge in [0, 0.05) is 67.4 Å². The van der Waals surface area contributed by atoms with Crippen molar-refractivity contribution in [2.24, 2.45) is 21.7 Å². The monoisotopic (exact) mass is 1140 g/mol. The second-order valence-electron chi connectivity index (χ2n) is 29.4. The Bertz CT molecular complexity index is 3510. The van der Waals surface area contributed by atoms with Gasteiger partial charge in [0.05, 0.1) is 16.4 Å². The molecule has 8 bridgehead atoms. The maximum Gasteiger partial charge on any atom is 0.322 e. The number of anilines is 2. The summed E-state index contributed by atoms with van der Waals surface area (Å²) in [7, 11) is 0. The summed E-state index contributed by atoms with van der Waals surface area (Å²) in [5.74, 6) is -1.01. The standard InChI is InChI=1S/C35H38F2N4O3.C33H39FN4O2/c1-30(2,43)25-10-8-23(9-11-25)24-6-5-7-26(18-24)41(29(42)34-19-35(20-34,21-34)38-4)22-32-12-15-33(16-13-32,17-14-32)27-39-28(44-40-27)31(3,36)37;1-22-5-7-23(8-6-22)24-9-16-35-25(17-24)38(28(39)32-18-33(34,19-32)20-32)21-30-10-13-31(14-11-30,15-12-30)26-36-27(40-37-26)29(2,3)4/h5-11,18,43H,12-17,19-22H2,1-3H3;5-9,16-17H,10-15,18-21H2,1-4H3. The van der Waals surface area contributed by atoms with Gasteiger partial charge in [0.1, 0.15) is 11.5 Å². The van der Waals surface area contributed by atoms with Gasteiger partial charge in [-0.3, -0.25) is 14.5 Å². The number of carbonyl (C=O) groups is 2. The van der Waals surface area contributed by atoms with Crippen LogP contribution in [0.25, 0.3) is 27.1 Å². The molecule has 440 valence electrons. The lowest BCUT2D eigenvalue weighted by Crippen LogP contribution is -2.71. The number of alkyl halides is 3. The number of rotatable bonds is 14. The molecule has 84 heavy (non-hydrogen) atoms. The van der Waals surface area contributed by atoms with Gasteiger partial charge in [0.15, 0.2) is 11.6 Å². The summed E-state index contributed by atoms with van der Waals surface area (Å²) in [6.07, 6.45) is 15.6. The van der Waals surface area contributed by atoms with Crippen molar-refractivity contribution in [1.29, 1.82) is 0 Å². The Morgan fingerprint density at radius 1 is 0.619 bits per heavy atom. The highest BCUT2D eigenvalue weighted by Crippen LogP contribution is 2.72. The fraction of sp³-hybridized carbons (Fsp3) is 0.559. The smallest absolute Gasteiger partial charge is 0.322 e. The minimum absolute atomic E-state index is 0.0203. The number of carbonyl (C=O) groups excluding carboxylic acids is 2. The molecule has 0 atom stereocenters. The minimum Gasteiger partial charge on any atom is -0.386 e. The predicted octanol–water partition coefficient (Wildman–Crippen LogP) is 14.8. The van der Waals surface area contributed by atoms with Crippen LogP contribution in [0.1, 0.15) is 192 Å². The Kier molecular flexibility index (Phi) is 12.8. The summed E-state index contributed by atoms with van der Waals surface area (Å²) in [6, 6.07) is 28.4. The summed E-state index contributed by atoms with van der Waals surface area (Å²) in [5, 5.41) is 18.8. The number of benzene rings is 3. The first kappa shape index (κ1) is 56.4. The van der Waals surface area contributed by atoms with Crippen LogP contribution in [0.5, 0.6) is 0 Å². The average molecular weight is 1140 g/mol. The number of fused-ring (bicyclic) bond motifs is 6. The molecule has 12 aliphatic carbocycles. The molecule has 1 N–H and O–H groups in total. The Morgan fingerprint density at radius 3 is 1.57 bits per heavy atom. The first-order valence-corrected chi connectivity index (χ1v) is 30.4. The molecule has 12 aliphatic rings. The van der Waals surface area contributed by atoms with Crippen molar-refractivity contribution in [3.8, 4) is 22.3 Å². The van der Waals surface area contributed by atoms with Gasteiger partial charge in [-0.1, -0.05) is 97.3 Å². The summed E-state index contributed by atoms with van der Waals surface area (Å²) < 4.78 is 52.8. The number of amides is 2. The van der Waals surface area contributed by atoms with Crippen LogP contribution in [0.3, 0.4) is 0 Å². The van der Waals surface area contributed by atoms with Crippen LogP contribution in [0.2, 0.25) is 0 Å². The van der Waals surface area contributed by atoms with Crippen LogP contribution in [0.4, 0.5) is 24.7 Å². The number of pyridine rings is 1. The number of hydrogen-bond acceptors (Lipinski definition) is 10. The zero-order valence-corrected chi connectivity index (χ0v) is 49.6. The van der Waals surface area contributed by atoms with Gasteiger partial charge in [-0.05, 0) is 180 Å². The molecule has 0 unspecified atom stereocenters. The van der Waals surface area contributed by atoms with Crippen LogP contribution < -0.4 is 9.80 Å². The van der Waals surface area contributed by atoms with E-state index >= 15 is 0 Å². The highest BCUT2D eigenvalue weighted by molar-refractivity contribution is 6.01. The summed E-state index contributed by atoms with van der Waals surface area (Å²) in [6.45, 7) is 21.5. The third kappa shape index (κ3) is 9.57. The van der Waals surface area contributed by atoms with Gasteiger partial charge >= 0.3 is 5.92 Å². The van der Waals surface area contributed by atoms with Crippen LogP contribution >= 0.6 is 0 Å². The molecule has 12 fully saturated rings. The van der Waals surface area contributed by atoms with Gasteiger partial charge in [-0.2, -0.15) is 18.7 Å². The van der Waals surface area contributed by atoms with Gasteiger partial charge in [0.25, 0.3) is 5.89 Å². The molecule has 2 amide bonds. The maximum absolute atomic E-state index is 14.5. The quantitative estimate of drug-likeness (QED) is 0.104. The molecule has 12 saturated carbocycles. The number of aliphatic hydroxyl groups is 1. The number of nitrogens with zero attached hydrogens (tertiary/aromatic N) is 8. The van der Waals surface area contributed by atoms with E-state index in [-0.39, 0.29) is 44.4 Å². The SMILES string of the molecule is Cc1ccc(-c2ccnc(N(CC34CCC(c5noc(C(C)(C)C)n5)(CC3)CC4)C(=O)C34CC(F)(C3)C4)c2)cc1.[C-]#[N+]C12CC(C(=O)N(CC34CCC(c5noc(C(C)(F)F)n5)(CC3)CC4)c3cccc(-c4ccc(C(C)(C)O)cc4)c3)(C1)C2. The van der Waals surface area contributed by atoms with Crippen molar-refractivity contribution in [3.05, 3.63) is 137 Å². The van der Waals surface area contributed by atoms with E-state index in [0.29, 0.717) is 69.1 Å². The maximum atomic E-state index is 14.5. The van der Waals surface area contributed by atoms with Crippen LogP contribution in [-0.4, -0.2) is 66.5 Å². The van der Waals surface area contributed by atoms with Crippen LogP contribution in [-0.2, 0) is 37.4 Å². The molecule has 18 rings (SSSR count).